The fourth-order valence-electron chi connectivity index (χ4n) is 5.12. The number of rotatable bonds is 17. The Morgan fingerprint density at radius 1 is 1.23 bits per heavy atom. The number of carbonyl (C=O) groups is 1. The molecule has 0 spiro atoms. The molecule has 220 valence electrons. The molecular formula is C30H48N8O2. The lowest BCUT2D eigenvalue weighted by molar-refractivity contribution is 0.0946. The number of nitrogens with zero attached hydrogens (tertiary/aromatic N) is 4. The molecule has 1 aromatic heterocycles. The first kappa shape index (κ1) is 31.6. The molecule has 0 aliphatic carbocycles. The Kier molecular flexibility index (Phi) is 12.5. The first-order chi connectivity index (χ1) is 19.3. The molecule has 10 nitrogen and oxygen atoms in total. The zero-order chi connectivity index (χ0) is 29.1. The van der Waals surface area contributed by atoms with Crippen LogP contribution in [0.25, 0.3) is 11.3 Å². The quantitative estimate of drug-likeness (QED) is 0.219. The fourth-order valence-corrected chi connectivity index (χ4v) is 5.12. The monoisotopic (exact) mass is 552 g/mol. The van der Waals surface area contributed by atoms with Crippen LogP contribution in [0.1, 0.15) is 67.9 Å². The van der Waals surface area contributed by atoms with E-state index in [1.54, 1.807) is 0 Å². The van der Waals surface area contributed by atoms with Crippen molar-refractivity contribution >= 4 is 11.7 Å². The van der Waals surface area contributed by atoms with Crippen molar-refractivity contribution < 1.29 is 4.79 Å². The molecule has 0 fully saturated rings. The Morgan fingerprint density at radius 3 is 2.73 bits per heavy atom. The molecule has 3 rings (SSSR count). The maximum atomic E-state index is 13.5. The van der Waals surface area contributed by atoms with Crippen molar-refractivity contribution in [3.63, 3.8) is 0 Å². The molecule has 40 heavy (non-hydrogen) atoms. The van der Waals surface area contributed by atoms with Crippen LogP contribution in [0, 0.1) is 10.8 Å². The summed E-state index contributed by atoms with van der Waals surface area (Å²) < 4.78 is 0. The van der Waals surface area contributed by atoms with Crippen LogP contribution in [0.15, 0.2) is 35.5 Å². The lowest BCUT2D eigenvalue weighted by atomic mass is 9.99. The fraction of sp³-hybridized carbons (Fsp3) is 0.600. The second-order valence-corrected chi connectivity index (χ2v) is 11.3. The van der Waals surface area contributed by atoms with Gasteiger partial charge in [-0.15, -0.1) is 0 Å². The van der Waals surface area contributed by atoms with Gasteiger partial charge < -0.3 is 21.3 Å². The number of nitrogens with two attached hydrogens (primary N) is 1. The molecule has 10 heteroatoms. The van der Waals surface area contributed by atoms with Crippen molar-refractivity contribution in [1.29, 1.82) is 0 Å². The van der Waals surface area contributed by atoms with Crippen LogP contribution in [0.5, 0.6) is 0 Å². The summed E-state index contributed by atoms with van der Waals surface area (Å²) in [6.45, 7) is 10.5. The first-order valence-corrected chi connectivity index (χ1v) is 14.6. The van der Waals surface area contributed by atoms with Crippen LogP contribution >= 0.6 is 0 Å². The molecule has 0 saturated carbocycles. The van der Waals surface area contributed by atoms with Gasteiger partial charge in [0.15, 0.2) is 0 Å². The number of benzene rings is 1. The highest BCUT2D eigenvalue weighted by atomic mass is 16.3. The van der Waals surface area contributed by atoms with Crippen molar-refractivity contribution in [3.05, 3.63) is 51.9 Å². The summed E-state index contributed by atoms with van der Waals surface area (Å²) in [4.78, 5) is 31.8. The number of hydrazine groups is 1. The first-order valence-electron chi connectivity index (χ1n) is 14.6. The number of hydrogen-bond donors (Lipinski definition) is 4. The van der Waals surface area contributed by atoms with Gasteiger partial charge in [-0.05, 0) is 77.4 Å². The minimum Gasteiger partial charge on any atom is -0.352 e. The predicted octanol–water partition coefficient (Wildman–Crippen LogP) is 3.65. The molecule has 1 aliphatic heterocycles. The third-order valence-corrected chi connectivity index (χ3v) is 7.43. The number of amides is 1. The second kappa shape index (κ2) is 15.8. The van der Waals surface area contributed by atoms with Gasteiger partial charge in [-0.2, -0.15) is 4.91 Å². The van der Waals surface area contributed by atoms with Crippen LogP contribution in [0.3, 0.4) is 0 Å². The summed E-state index contributed by atoms with van der Waals surface area (Å²) in [5.41, 5.74) is 13.6. The van der Waals surface area contributed by atoms with Crippen molar-refractivity contribution in [2.24, 2.45) is 16.8 Å². The zero-order valence-corrected chi connectivity index (χ0v) is 24.9. The van der Waals surface area contributed by atoms with Gasteiger partial charge in [0.1, 0.15) is 5.82 Å². The van der Waals surface area contributed by atoms with Crippen molar-refractivity contribution in [2.45, 2.75) is 71.6 Å². The standard InChI is InChI=1S/C30H48N8O2/c1-21(2)38-29-27(19-34-38)26(30(39)33-18-22(3)8-6-11-25(36-40)12-14-32-4)17-28(35-29)24-10-7-9-23(16-24)20-37(5)15-13-31/h7,9-10,16-17,21-22,25,32,34H,6,8,11-15,18-20,31H2,1-5H3,(H,33,39). The maximum Gasteiger partial charge on any atom is 0.251 e. The molecule has 5 N–H and O–H groups in total. The normalized spacial score (nSPS) is 14.4. The SMILES string of the molecule is CNCCC(CCCC(C)CNC(=O)c1cc(-c2cccc(CN(C)CCN)c2)nc2c1CNN2C(C)C)N=O. The molecule has 2 heterocycles. The van der Waals surface area contributed by atoms with Crippen LogP contribution in [-0.2, 0) is 13.1 Å². The highest BCUT2D eigenvalue weighted by molar-refractivity contribution is 5.98. The van der Waals surface area contributed by atoms with E-state index in [0.29, 0.717) is 31.1 Å². The average molecular weight is 553 g/mol. The molecular weight excluding hydrogens is 504 g/mol. The Labute approximate surface area is 239 Å². The van der Waals surface area contributed by atoms with Gasteiger partial charge >= 0.3 is 0 Å². The van der Waals surface area contributed by atoms with Crippen LogP contribution in [0.4, 0.5) is 5.82 Å². The van der Waals surface area contributed by atoms with Crippen molar-refractivity contribution in [2.75, 3.05) is 45.3 Å². The molecule has 0 bridgehead atoms. The summed E-state index contributed by atoms with van der Waals surface area (Å²) in [6, 6.07) is 10.3. The second-order valence-electron chi connectivity index (χ2n) is 11.3. The van der Waals surface area contributed by atoms with Gasteiger partial charge in [0.25, 0.3) is 5.91 Å². The van der Waals surface area contributed by atoms with E-state index in [1.165, 1.54) is 5.56 Å². The maximum absolute atomic E-state index is 13.5. The molecule has 0 radical (unpaired) electrons. The predicted molar refractivity (Wildman–Crippen MR) is 163 cm³/mol. The molecule has 2 aromatic rings. The van der Waals surface area contributed by atoms with E-state index in [-0.39, 0.29) is 18.0 Å². The Balaban J connectivity index is 1.75. The number of fused-ring (bicyclic) bond motifs is 1. The van der Waals surface area contributed by atoms with Gasteiger partial charge in [-0.25, -0.2) is 10.4 Å². The Morgan fingerprint density at radius 2 is 2.02 bits per heavy atom. The van der Waals surface area contributed by atoms with Gasteiger partial charge in [0.05, 0.1) is 11.7 Å². The number of pyridine rings is 1. The van der Waals surface area contributed by atoms with Crippen molar-refractivity contribution in [3.8, 4) is 11.3 Å². The van der Waals surface area contributed by atoms with E-state index in [2.05, 4.69) is 66.1 Å². The number of nitroso groups, excluding NO2 is 1. The number of anilines is 1. The van der Waals surface area contributed by atoms with Crippen LogP contribution in [-0.4, -0.2) is 68.1 Å². The van der Waals surface area contributed by atoms with E-state index >= 15 is 0 Å². The largest absolute Gasteiger partial charge is 0.352 e. The van der Waals surface area contributed by atoms with Crippen molar-refractivity contribution in [1.82, 2.24) is 25.9 Å². The van der Waals surface area contributed by atoms with Crippen LogP contribution in [0.2, 0.25) is 0 Å². The molecule has 0 saturated heterocycles. The zero-order valence-electron chi connectivity index (χ0n) is 24.9. The highest BCUT2D eigenvalue weighted by Gasteiger charge is 2.29. The summed E-state index contributed by atoms with van der Waals surface area (Å²) in [7, 11) is 3.94. The average Bonchev–Trinajstić information content (AvgIpc) is 3.38. The van der Waals surface area contributed by atoms with E-state index in [4.69, 9.17) is 10.7 Å². The summed E-state index contributed by atoms with van der Waals surface area (Å²) >= 11 is 0. The third-order valence-electron chi connectivity index (χ3n) is 7.43. The highest BCUT2D eigenvalue weighted by Crippen LogP contribution is 2.32. The number of aromatic nitrogens is 1. The number of likely N-dealkylation sites (N-methyl/N-ethyl adjacent to an activating group) is 1. The summed E-state index contributed by atoms with van der Waals surface area (Å²) in [5.74, 6) is 1.02. The smallest absolute Gasteiger partial charge is 0.251 e. The summed E-state index contributed by atoms with van der Waals surface area (Å²) in [6.07, 6.45) is 3.38. The number of carbonyl (C=O) groups excluding carboxylic acids is 1. The molecule has 1 aromatic carbocycles. The molecule has 1 amide bonds. The minimum atomic E-state index is -0.150. The van der Waals surface area contributed by atoms with Crippen LogP contribution < -0.4 is 26.8 Å². The lowest BCUT2D eigenvalue weighted by Gasteiger charge is -2.23. The minimum absolute atomic E-state index is 0.0838. The molecule has 2 unspecified atom stereocenters. The van der Waals surface area contributed by atoms with Gasteiger partial charge in [-0.3, -0.25) is 9.80 Å². The topological polar surface area (TPSA) is 128 Å². The van der Waals surface area contributed by atoms with Gasteiger partial charge in [0, 0.05) is 55.5 Å². The summed E-state index contributed by atoms with van der Waals surface area (Å²) in [5, 5.41) is 11.5. The Bertz CT molecular complexity index is 1110. The molecule has 2 atom stereocenters. The number of hydrogen-bond acceptors (Lipinski definition) is 9. The number of nitrogens with one attached hydrogen (secondary N) is 3. The van der Waals surface area contributed by atoms with E-state index in [1.807, 2.05) is 30.3 Å². The third kappa shape index (κ3) is 8.79. The van der Waals surface area contributed by atoms with E-state index < -0.39 is 0 Å². The lowest BCUT2D eigenvalue weighted by Crippen LogP contribution is -2.38. The Hall–Kier alpha value is -2.92. The molecule has 1 aliphatic rings. The van der Waals surface area contributed by atoms with Gasteiger partial charge in [0.2, 0.25) is 0 Å². The van der Waals surface area contributed by atoms with E-state index in [9.17, 15) is 9.70 Å². The van der Waals surface area contributed by atoms with E-state index in [0.717, 1.165) is 68.0 Å². The van der Waals surface area contributed by atoms with Gasteiger partial charge in [-0.1, -0.05) is 36.7 Å².